The lowest BCUT2D eigenvalue weighted by molar-refractivity contribution is 0.191. The number of phosphoric ester groups is 1. The lowest BCUT2D eigenvalue weighted by Gasteiger charge is -2.10. The number of rotatable bonds is 13. The maximum atomic E-state index is 11.2. The second kappa shape index (κ2) is 14.0. The Hall–Kier alpha value is -1.04. The molecule has 0 aliphatic carbocycles. The molecule has 0 rings (SSSR count). The van der Waals surface area contributed by atoms with E-state index < -0.39 is 15.6 Å². The fourth-order valence-electron chi connectivity index (χ4n) is 2.03. The van der Waals surface area contributed by atoms with Crippen LogP contribution < -0.4 is 0 Å². The van der Waals surface area contributed by atoms with E-state index in [4.69, 9.17) is 14.7 Å². The second-order valence-corrected chi connectivity index (χ2v) is 9.40. The molecule has 0 amide bonds. The molecular weight excluding hydrogens is 402 g/mol. The summed E-state index contributed by atoms with van der Waals surface area (Å²) in [5, 5.41) is 0. The molecule has 0 fully saturated rings. The fourth-order valence-corrected chi connectivity index (χ4v) is 3.57. The van der Waals surface area contributed by atoms with Gasteiger partial charge in [-0.3, -0.25) is 4.52 Å². The van der Waals surface area contributed by atoms with Gasteiger partial charge >= 0.3 is 15.6 Å². The van der Waals surface area contributed by atoms with Crippen molar-refractivity contribution in [1.82, 2.24) is 0 Å². The highest BCUT2D eigenvalue weighted by molar-refractivity contribution is 7.60. The van der Waals surface area contributed by atoms with Gasteiger partial charge in [-0.1, -0.05) is 59.3 Å². The largest absolute Gasteiger partial charge is 0.481 e. The molecule has 1 unspecified atom stereocenters. The molecule has 0 aliphatic heterocycles. The highest BCUT2D eigenvalue weighted by Crippen LogP contribution is 2.57. The summed E-state index contributed by atoms with van der Waals surface area (Å²) in [7, 11) is -9.86. The average Bonchev–Trinajstić information content (AvgIpc) is 2.51. The van der Waals surface area contributed by atoms with Crippen LogP contribution in [0, 0.1) is 0 Å². The Morgan fingerprint density at radius 2 is 1.46 bits per heavy atom. The summed E-state index contributed by atoms with van der Waals surface area (Å²) < 4.78 is 29.7. The van der Waals surface area contributed by atoms with Crippen molar-refractivity contribution >= 4 is 15.6 Å². The summed E-state index contributed by atoms with van der Waals surface area (Å²) in [5.41, 5.74) is 3.97. The van der Waals surface area contributed by atoms with Gasteiger partial charge in [-0.05, 0) is 53.4 Å². The predicted octanol–water partition coefficient (Wildman–Crippen LogP) is 5.74. The van der Waals surface area contributed by atoms with Crippen molar-refractivity contribution in [3.63, 3.8) is 0 Å². The third-order valence-electron chi connectivity index (χ3n) is 3.41. The predicted molar refractivity (Wildman–Crippen MR) is 113 cm³/mol. The van der Waals surface area contributed by atoms with Crippen molar-refractivity contribution in [3.8, 4) is 0 Å². The maximum Gasteiger partial charge on any atom is 0.481 e. The Labute approximate surface area is 168 Å². The van der Waals surface area contributed by atoms with Gasteiger partial charge in [-0.2, -0.15) is 4.31 Å². The zero-order valence-corrected chi connectivity index (χ0v) is 18.7. The maximum absolute atomic E-state index is 11.2. The Bertz CT molecular complexity index is 708. The molecule has 0 aromatic heterocycles. The number of phosphoric acid groups is 2. The molecule has 0 radical (unpaired) electrons. The van der Waals surface area contributed by atoms with Crippen molar-refractivity contribution in [2.24, 2.45) is 0 Å². The molecule has 0 aromatic rings. The molecule has 3 N–H and O–H groups in total. The van der Waals surface area contributed by atoms with Gasteiger partial charge in [0, 0.05) is 0 Å². The summed E-state index contributed by atoms with van der Waals surface area (Å²) in [4.78, 5) is 26.0. The standard InChI is InChI=1S/C19H32O7P2/c1-17(2)11-9-13-19(4)15-10-14-18(3)12-7-5-6-8-16-25-28(23,24)26-27(20,21)22/h5-8,11-12,15H,9-10,13-14,16H2,1-4H3,(H,23,24)(H2,20,21,22)/b7-5?,8-6?,18-12?,19-15+. The van der Waals surface area contributed by atoms with Gasteiger partial charge < -0.3 is 14.7 Å². The molecule has 0 aliphatic rings. The lowest BCUT2D eigenvalue weighted by atomic mass is 10.1. The van der Waals surface area contributed by atoms with Crippen LogP contribution in [0.25, 0.3) is 0 Å². The average molecular weight is 434 g/mol. The Morgan fingerprint density at radius 3 is 2.07 bits per heavy atom. The number of hydrogen-bond acceptors (Lipinski definition) is 4. The van der Waals surface area contributed by atoms with Crippen molar-refractivity contribution in [2.75, 3.05) is 6.61 Å². The Morgan fingerprint density at radius 1 is 0.857 bits per heavy atom. The topological polar surface area (TPSA) is 113 Å². The lowest BCUT2D eigenvalue weighted by Crippen LogP contribution is -1.93. The number of allylic oxidation sites excluding steroid dienone is 9. The zero-order valence-electron chi connectivity index (χ0n) is 16.9. The Balaban J connectivity index is 4.17. The van der Waals surface area contributed by atoms with Gasteiger partial charge in [-0.25, -0.2) is 9.13 Å². The molecule has 9 heteroatoms. The molecule has 28 heavy (non-hydrogen) atoms. The molecule has 0 heterocycles. The van der Waals surface area contributed by atoms with Crippen molar-refractivity contribution in [2.45, 2.75) is 53.4 Å². The minimum Gasteiger partial charge on any atom is -0.302 e. The van der Waals surface area contributed by atoms with E-state index in [0.29, 0.717) is 0 Å². The third kappa shape index (κ3) is 18.3. The van der Waals surface area contributed by atoms with Gasteiger partial charge in [0.25, 0.3) is 0 Å². The monoisotopic (exact) mass is 434 g/mol. The highest BCUT2D eigenvalue weighted by Gasteiger charge is 2.31. The van der Waals surface area contributed by atoms with E-state index in [0.717, 1.165) is 25.7 Å². The normalized spacial score (nSPS) is 16.0. The van der Waals surface area contributed by atoms with Crippen LogP contribution in [0.3, 0.4) is 0 Å². The molecule has 0 saturated heterocycles. The molecule has 7 nitrogen and oxygen atoms in total. The van der Waals surface area contributed by atoms with Gasteiger partial charge in [-0.15, -0.1) is 0 Å². The third-order valence-corrected chi connectivity index (χ3v) is 5.56. The van der Waals surface area contributed by atoms with E-state index in [1.54, 1.807) is 12.2 Å². The van der Waals surface area contributed by atoms with Crippen LogP contribution in [0.2, 0.25) is 0 Å². The molecule has 1 atom stereocenters. The molecule has 0 spiro atoms. The minimum atomic E-state index is -5.08. The number of hydrogen-bond donors (Lipinski definition) is 3. The van der Waals surface area contributed by atoms with Crippen molar-refractivity contribution < 1.29 is 32.6 Å². The van der Waals surface area contributed by atoms with Crippen LogP contribution in [0.1, 0.15) is 53.4 Å². The molecule has 0 saturated carbocycles. The molecule has 0 aromatic carbocycles. The summed E-state index contributed by atoms with van der Waals surface area (Å²) in [6, 6.07) is 0. The van der Waals surface area contributed by atoms with E-state index in [1.165, 1.54) is 22.8 Å². The first-order chi connectivity index (χ1) is 12.9. The van der Waals surface area contributed by atoms with E-state index in [1.807, 2.05) is 19.1 Å². The summed E-state index contributed by atoms with van der Waals surface area (Å²) in [6.07, 6.45) is 17.2. The van der Waals surface area contributed by atoms with E-state index in [2.05, 4.69) is 41.8 Å². The fraction of sp³-hybridized carbons (Fsp3) is 0.474. The van der Waals surface area contributed by atoms with Crippen molar-refractivity contribution in [1.29, 1.82) is 0 Å². The SMILES string of the molecule is CC(C)=CCC/C(C)=C/CCC(C)=CC=CC=CCOP(=O)(O)OP(=O)(O)O. The van der Waals surface area contributed by atoms with Crippen LogP contribution >= 0.6 is 15.6 Å². The Kier molecular flexibility index (Phi) is 13.5. The van der Waals surface area contributed by atoms with Gasteiger partial charge in [0.05, 0.1) is 6.61 Å². The molecule has 0 bridgehead atoms. The quantitative estimate of drug-likeness (QED) is 0.192. The van der Waals surface area contributed by atoms with Crippen molar-refractivity contribution in [3.05, 3.63) is 59.3 Å². The van der Waals surface area contributed by atoms with Gasteiger partial charge in [0.2, 0.25) is 0 Å². The first kappa shape index (κ1) is 27.0. The summed E-state index contributed by atoms with van der Waals surface area (Å²) in [5.74, 6) is 0. The van der Waals surface area contributed by atoms with Crippen LogP contribution in [-0.2, 0) is 18.0 Å². The zero-order chi connectivity index (χ0) is 21.6. The molecule has 160 valence electrons. The van der Waals surface area contributed by atoms with E-state index in [-0.39, 0.29) is 6.61 Å². The molecular formula is C19H32O7P2. The highest BCUT2D eigenvalue weighted by atomic mass is 31.3. The second-order valence-electron chi connectivity index (χ2n) is 6.57. The van der Waals surface area contributed by atoms with Gasteiger partial charge in [0.15, 0.2) is 0 Å². The van der Waals surface area contributed by atoms with E-state index in [9.17, 15) is 9.13 Å². The summed E-state index contributed by atoms with van der Waals surface area (Å²) in [6.45, 7) is 8.09. The summed E-state index contributed by atoms with van der Waals surface area (Å²) >= 11 is 0. The van der Waals surface area contributed by atoms with Crippen LogP contribution in [0.5, 0.6) is 0 Å². The first-order valence-electron chi connectivity index (χ1n) is 8.93. The van der Waals surface area contributed by atoms with Crippen LogP contribution in [0.15, 0.2) is 59.3 Å². The van der Waals surface area contributed by atoms with Gasteiger partial charge in [0.1, 0.15) is 0 Å². The smallest absolute Gasteiger partial charge is 0.302 e. The van der Waals surface area contributed by atoms with Crippen LogP contribution in [0.4, 0.5) is 0 Å². The van der Waals surface area contributed by atoms with E-state index >= 15 is 0 Å². The minimum absolute atomic E-state index is 0.322. The van der Waals surface area contributed by atoms with Crippen LogP contribution in [-0.4, -0.2) is 21.3 Å². The first-order valence-corrected chi connectivity index (χ1v) is 12.0.